The molecule has 0 radical (unpaired) electrons. The minimum Gasteiger partial charge on any atom is -0.480 e. The van der Waals surface area contributed by atoms with E-state index < -0.39 is 32.5 Å². The normalized spacial score (nSPS) is 26.5. The zero-order valence-corrected chi connectivity index (χ0v) is 23.6. The van der Waals surface area contributed by atoms with Crippen LogP contribution in [0.15, 0.2) is 41.4 Å². The molecule has 208 valence electrons. The number of nitrogens with zero attached hydrogens (tertiary/aromatic N) is 4. The second kappa shape index (κ2) is 9.90. The van der Waals surface area contributed by atoms with Gasteiger partial charge in [0.15, 0.2) is 9.84 Å². The minimum atomic E-state index is -4.00. The molecule has 9 nitrogen and oxygen atoms in total. The fourth-order valence-electron chi connectivity index (χ4n) is 6.49. The zero-order chi connectivity index (χ0) is 27.5. The predicted octanol–water partition coefficient (Wildman–Crippen LogP) is 3.23. The number of sulfone groups is 1. The van der Waals surface area contributed by atoms with Gasteiger partial charge in [0.25, 0.3) is 0 Å². The van der Waals surface area contributed by atoms with Crippen molar-refractivity contribution < 1.29 is 23.1 Å². The zero-order valence-electron chi connectivity index (χ0n) is 21.3. The molecule has 1 aromatic heterocycles. The first kappa shape index (κ1) is 26.8. The highest BCUT2D eigenvalue weighted by Crippen LogP contribution is 2.51. The highest BCUT2D eigenvalue weighted by atomic mass is 35.5. The Bertz CT molecular complexity index is 1420. The third-order valence-electron chi connectivity index (χ3n) is 8.86. The molecule has 1 amide bonds. The number of carboxylic acids is 1. The topological polar surface area (TPSA) is 111 Å². The lowest BCUT2D eigenvalue weighted by Crippen LogP contribution is -2.50. The first-order valence-electron chi connectivity index (χ1n) is 13.3. The summed E-state index contributed by atoms with van der Waals surface area (Å²) in [7, 11) is -4.00. The third kappa shape index (κ3) is 4.69. The summed E-state index contributed by atoms with van der Waals surface area (Å²) in [5.74, 6) is -1.61. The molecule has 6 rings (SSSR count). The highest BCUT2D eigenvalue weighted by Gasteiger charge is 2.57. The molecule has 12 heteroatoms. The third-order valence-corrected chi connectivity index (χ3v) is 11.7. The predicted molar refractivity (Wildman–Crippen MR) is 147 cm³/mol. The number of rotatable bonds is 6. The summed E-state index contributed by atoms with van der Waals surface area (Å²) < 4.78 is 27.5. The van der Waals surface area contributed by atoms with E-state index in [1.165, 1.54) is 23.6 Å². The molecule has 3 aliphatic heterocycles. The number of benzene rings is 1. The number of aromatic nitrogens is 1. The number of hydrogen-bond donors (Lipinski definition) is 1. The molecule has 3 atom stereocenters. The van der Waals surface area contributed by atoms with Crippen molar-refractivity contribution in [1.82, 2.24) is 14.8 Å². The largest absolute Gasteiger partial charge is 0.480 e. The summed E-state index contributed by atoms with van der Waals surface area (Å²) in [6, 6.07) is 7.57. The summed E-state index contributed by atoms with van der Waals surface area (Å²) in [6.45, 7) is 3.63. The van der Waals surface area contributed by atoms with Gasteiger partial charge in [-0.25, -0.2) is 18.2 Å². The number of likely N-dealkylation sites (tertiary alicyclic amines) is 1. The van der Waals surface area contributed by atoms with Gasteiger partial charge in [-0.15, -0.1) is 0 Å². The average Bonchev–Trinajstić information content (AvgIpc) is 3.36. The summed E-state index contributed by atoms with van der Waals surface area (Å²) in [4.78, 5) is 35.8. The average molecular weight is 594 g/mol. The molecule has 2 aromatic rings. The number of aliphatic carboxylic acids is 1. The van der Waals surface area contributed by atoms with E-state index in [1.807, 2.05) is 0 Å². The molecule has 39 heavy (non-hydrogen) atoms. The van der Waals surface area contributed by atoms with E-state index in [1.54, 1.807) is 24.3 Å². The van der Waals surface area contributed by atoms with E-state index in [9.17, 15) is 23.1 Å². The summed E-state index contributed by atoms with van der Waals surface area (Å²) >= 11 is 12.5. The lowest BCUT2D eigenvalue weighted by Gasteiger charge is -2.39. The Labute approximate surface area is 237 Å². The van der Waals surface area contributed by atoms with Gasteiger partial charge in [0, 0.05) is 44.1 Å². The van der Waals surface area contributed by atoms with Gasteiger partial charge >= 0.3 is 5.97 Å². The molecule has 0 spiro atoms. The summed E-state index contributed by atoms with van der Waals surface area (Å²) in [5, 5.41) is 9.26. The Morgan fingerprint density at radius 2 is 1.85 bits per heavy atom. The van der Waals surface area contributed by atoms with E-state index in [0.717, 1.165) is 38.3 Å². The van der Waals surface area contributed by atoms with Gasteiger partial charge in [-0.2, -0.15) is 0 Å². The Balaban J connectivity index is 1.23. The van der Waals surface area contributed by atoms with E-state index in [2.05, 4.69) is 14.8 Å². The number of piperazine rings is 1. The van der Waals surface area contributed by atoms with E-state index in [-0.39, 0.29) is 28.8 Å². The lowest BCUT2D eigenvalue weighted by atomic mass is 9.95. The SMILES string of the molecule is O=C(O)[C@@H]1C[C@@H](S(=O)(=O)c2ccc(N3CCN4CCC[C@H]4C3)cc2Cl)CN1C(=O)C1(c2ccc(Cl)nc2)CC1. The Morgan fingerprint density at radius 1 is 1.05 bits per heavy atom. The number of carbonyl (C=O) groups excluding carboxylic acids is 1. The van der Waals surface area contributed by atoms with Crippen LogP contribution < -0.4 is 4.90 Å². The van der Waals surface area contributed by atoms with Crippen molar-refractivity contribution in [3.8, 4) is 0 Å². The van der Waals surface area contributed by atoms with Gasteiger partial charge in [-0.05, 0) is 68.5 Å². The quantitative estimate of drug-likeness (QED) is 0.509. The second-order valence-electron chi connectivity index (χ2n) is 11.1. The standard InChI is InChI=1S/C27H30Cl2N4O5S/c28-21-12-18(32-11-10-31-9-1-2-19(31)15-32)4-5-23(21)39(37,38)20-13-22(25(34)35)33(16-20)26(36)27(7-8-27)17-3-6-24(29)30-14-17/h3-6,12,14,19-20,22H,1-2,7-11,13,15-16H2,(H,34,35)/t19-,20+,22-/m0/s1. The van der Waals surface area contributed by atoms with Crippen LogP contribution in [0.5, 0.6) is 0 Å². The van der Waals surface area contributed by atoms with Crippen LogP contribution in [0.4, 0.5) is 5.69 Å². The van der Waals surface area contributed by atoms with Crippen molar-refractivity contribution in [2.24, 2.45) is 0 Å². The molecule has 3 saturated heterocycles. The van der Waals surface area contributed by atoms with Crippen LogP contribution >= 0.6 is 23.2 Å². The summed E-state index contributed by atoms with van der Waals surface area (Å²) in [5.41, 5.74) is 0.640. The molecule has 0 bridgehead atoms. The van der Waals surface area contributed by atoms with Crippen molar-refractivity contribution in [3.05, 3.63) is 52.3 Å². The molecule has 4 heterocycles. The molecule has 4 aliphatic rings. The molecule has 1 aromatic carbocycles. The van der Waals surface area contributed by atoms with Gasteiger partial charge in [-0.1, -0.05) is 29.3 Å². The maximum absolute atomic E-state index is 13.7. The Morgan fingerprint density at radius 3 is 2.51 bits per heavy atom. The molecule has 4 fully saturated rings. The first-order chi connectivity index (χ1) is 18.6. The number of hydrogen-bond acceptors (Lipinski definition) is 7. The lowest BCUT2D eigenvalue weighted by molar-refractivity contribution is -0.149. The number of carbonyl (C=O) groups is 2. The molecule has 0 unspecified atom stereocenters. The van der Waals surface area contributed by atoms with Crippen LogP contribution in [0.1, 0.15) is 37.7 Å². The van der Waals surface area contributed by atoms with E-state index in [0.29, 0.717) is 29.6 Å². The smallest absolute Gasteiger partial charge is 0.326 e. The van der Waals surface area contributed by atoms with Crippen LogP contribution in [0.3, 0.4) is 0 Å². The number of halogens is 2. The molecule has 1 aliphatic carbocycles. The summed E-state index contributed by atoms with van der Waals surface area (Å²) in [6.07, 6.45) is 4.78. The van der Waals surface area contributed by atoms with Crippen LogP contribution in [-0.4, -0.2) is 90.2 Å². The Kier molecular flexibility index (Phi) is 6.81. The number of anilines is 1. The highest BCUT2D eigenvalue weighted by molar-refractivity contribution is 7.92. The van der Waals surface area contributed by atoms with Gasteiger partial charge in [0.1, 0.15) is 11.2 Å². The van der Waals surface area contributed by atoms with E-state index in [4.69, 9.17) is 23.2 Å². The van der Waals surface area contributed by atoms with E-state index >= 15 is 0 Å². The van der Waals surface area contributed by atoms with Gasteiger partial charge < -0.3 is 14.9 Å². The van der Waals surface area contributed by atoms with Crippen molar-refractivity contribution >= 4 is 50.6 Å². The first-order valence-corrected chi connectivity index (χ1v) is 15.6. The fraction of sp³-hybridized carbons (Fsp3) is 0.519. The van der Waals surface area contributed by atoms with Crippen LogP contribution in [0, 0.1) is 0 Å². The monoisotopic (exact) mass is 592 g/mol. The van der Waals surface area contributed by atoms with Gasteiger partial charge in [-0.3, -0.25) is 9.69 Å². The van der Waals surface area contributed by atoms with Crippen molar-refractivity contribution in [3.63, 3.8) is 0 Å². The van der Waals surface area contributed by atoms with Crippen LogP contribution in [0.2, 0.25) is 10.2 Å². The van der Waals surface area contributed by atoms with Gasteiger partial charge in [0.05, 0.1) is 20.6 Å². The fourth-order valence-corrected chi connectivity index (χ4v) is 8.84. The molecule has 1 N–H and O–H groups in total. The van der Waals surface area contributed by atoms with Crippen LogP contribution in [-0.2, 0) is 24.8 Å². The van der Waals surface area contributed by atoms with Crippen molar-refractivity contribution in [1.29, 1.82) is 0 Å². The maximum Gasteiger partial charge on any atom is 0.326 e. The maximum atomic E-state index is 13.7. The van der Waals surface area contributed by atoms with Gasteiger partial charge in [0.2, 0.25) is 5.91 Å². The minimum absolute atomic E-state index is 0.0288. The second-order valence-corrected chi connectivity index (χ2v) is 14.0. The number of carboxylic acid groups (broad SMARTS) is 1. The number of amides is 1. The number of pyridine rings is 1. The molecular weight excluding hydrogens is 563 g/mol. The molecular formula is C27H30Cl2N4O5S. The van der Waals surface area contributed by atoms with Crippen molar-refractivity contribution in [2.45, 2.75) is 59.7 Å². The number of fused-ring (bicyclic) bond motifs is 1. The van der Waals surface area contributed by atoms with Crippen LogP contribution in [0.25, 0.3) is 0 Å². The Hall–Kier alpha value is -2.40. The molecule has 1 saturated carbocycles. The van der Waals surface area contributed by atoms with Crippen molar-refractivity contribution in [2.75, 3.05) is 37.6 Å².